The van der Waals surface area contributed by atoms with E-state index < -0.39 is 11.6 Å². The van der Waals surface area contributed by atoms with Gasteiger partial charge in [0.1, 0.15) is 6.04 Å². The van der Waals surface area contributed by atoms with Crippen molar-refractivity contribution in [3.8, 4) is 0 Å². The molecule has 0 spiro atoms. The number of hydrogen-bond donors (Lipinski definition) is 3. The highest BCUT2D eigenvalue weighted by molar-refractivity contribution is 6.33. The molecule has 4 aromatic rings. The van der Waals surface area contributed by atoms with Gasteiger partial charge in [0.2, 0.25) is 5.91 Å². The molecule has 198 valence electrons. The molecule has 38 heavy (non-hydrogen) atoms. The second-order valence-electron chi connectivity index (χ2n) is 10.4. The Hall–Kier alpha value is -3.53. The van der Waals surface area contributed by atoms with Crippen molar-refractivity contribution in [1.29, 1.82) is 0 Å². The number of aromatic nitrogens is 3. The van der Waals surface area contributed by atoms with Crippen molar-refractivity contribution < 1.29 is 14.3 Å². The van der Waals surface area contributed by atoms with Gasteiger partial charge in [-0.25, -0.2) is 0 Å². The normalized spacial score (nSPS) is 18.4. The number of nitrogens with zero attached hydrogens (tertiary/aromatic N) is 3. The van der Waals surface area contributed by atoms with Gasteiger partial charge in [0.25, 0.3) is 5.91 Å². The number of pyridine rings is 2. The van der Waals surface area contributed by atoms with Crippen molar-refractivity contribution >= 4 is 50.9 Å². The summed E-state index contributed by atoms with van der Waals surface area (Å²) in [4.78, 5) is 40.3. The van der Waals surface area contributed by atoms with Crippen LogP contribution in [0.1, 0.15) is 36.8 Å². The molecule has 4 heterocycles. The lowest BCUT2D eigenvalue weighted by atomic mass is 10.0. The molecule has 10 heteroatoms. The number of amides is 2. The van der Waals surface area contributed by atoms with Gasteiger partial charge >= 0.3 is 0 Å². The van der Waals surface area contributed by atoms with Crippen LogP contribution in [0.3, 0.4) is 0 Å². The standard InChI is InChI=1S/C28H31ClN6O3/c1-16(32-26(36)19-6-5-8-31-17(19)2)13-35-15-28(3,4)38-14-24(35)27(37)34-22-11-18(29)10-21-20-7-9-30-12-23(20)33-25(21)22/h5-12,16,24,33H,13-15H2,1-4H3,(H,32,36)(H,34,37)/t16-,24?/m0/s1. The lowest BCUT2D eigenvalue weighted by molar-refractivity contribution is -0.143. The molecule has 1 aliphatic heterocycles. The summed E-state index contributed by atoms with van der Waals surface area (Å²) >= 11 is 6.43. The molecule has 0 radical (unpaired) electrons. The smallest absolute Gasteiger partial charge is 0.253 e. The summed E-state index contributed by atoms with van der Waals surface area (Å²) in [6.45, 7) is 8.95. The van der Waals surface area contributed by atoms with Gasteiger partial charge in [-0.3, -0.25) is 24.5 Å². The number of carbonyl (C=O) groups excluding carboxylic acids is 2. The van der Waals surface area contributed by atoms with Crippen LogP contribution >= 0.6 is 11.6 Å². The molecular formula is C28H31ClN6O3. The van der Waals surface area contributed by atoms with Crippen LogP contribution in [0.15, 0.2) is 48.9 Å². The molecule has 1 unspecified atom stereocenters. The van der Waals surface area contributed by atoms with E-state index in [0.29, 0.717) is 35.1 Å². The zero-order chi connectivity index (χ0) is 27.0. The summed E-state index contributed by atoms with van der Waals surface area (Å²) < 4.78 is 6.03. The van der Waals surface area contributed by atoms with E-state index in [1.165, 1.54) is 0 Å². The number of morpholine rings is 1. The molecule has 0 aliphatic carbocycles. The molecule has 1 aliphatic rings. The van der Waals surface area contributed by atoms with Crippen LogP contribution in [-0.2, 0) is 9.53 Å². The Labute approximate surface area is 225 Å². The predicted octanol–water partition coefficient (Wildman–Crippen LogP) is 4.31. The molecule has 0 saturated carbocycles. The average molecular weight is 535 g/mol. The van der Waals surface area contributed by atoms with Crippen molar-refractivity contribution in [2.75, 3.05) is 25.0 Å². The second-order valence-corrected chi connectivity index (χ2v) is 10.9. The minimum absolute atomic E-state index is 0.189. The number of carbonyl (C=O) groups is 2. The van der Waals surface area contributed by atoms with Crippen molar-refractivity contribution in [3.63, 3.8) is 0 Å². The number of fused-ring (bicyclic) bond motifs is 3. The highest BCUT2D eigenvalue weighted by Gasteiger charge is 2.38. The third-order valence-corrected chi connectivity index (χ3v) is 7.05. The maximum atomic E-state index is 13.6. The van der Waals surface area contributed by atoms with Gasteiger partial charge in [0.15, 0.2) is 0 Å². The third-order valence-electron chi connectivity index (χ3n) is 6.83. The Morgan fingerprint density at radius 2 is 2.08 bits per heavy atom. The Morgan fingerprint density at radius 3 is 2.87 bits per heavy atom. The lowest BCUT2D eigenvalue weighted by Gasteiger charge is -2.43. The van der Waals surface area contributed by atoms with E-state index in [4.69, 9.17) is 16.3 Å². The van der Waals surface area contributed by atoms with Gasteiger partial charge in [0, 0.05) is 53.0 Å². The summed E-state index contributed by atoms with van der Waals surface area (Å²) in [5.74, 6) is -0.395. The number of anilines is 1. The van der Waals surface area contributed by atoms with Crippen LogP contribution in [-0.4, -0.2) is 69.0 Å². The van der Waals surface area contributed by atoms with Gasteiger partial charge in [-0.05, 0) is 58.0 Å². The zero-order valence-electron chi connectivity index (χ0n) is 21.8. The Bertz CT molecular complexity index is 1520. The van der Waals surface area contributed by atoms with E-state index in [9.17, 15) is 9.59 Å². The first-order valence-corrected chi connectivity index (χ1v) is 13.0. The first-order chi connectivity index (χ1) is 18.1. The summed E-state index contributed by atoms with van der Waals surface area (Å²) in [6, 6.07) is 8.25. The molecule has 3 N–H and O–H groups in total. The maximum absolute atomic E-state index is 13.6. The van der Waals surface area contributed by atoms with Crippen molar-refractivity contribution in [2.45, 2.75) is 45.4 Å². The number of H-pyrrole nitrogens is 1. The van der Waals surface area contributed by atoms with Gasteiger partial charge in [0.05, 0.1) is 40.7 Å². The van der Waals surface area contributed by atoms with Crippen LogP contribution in [0.25, 0.3) is 21.8 Å². The molecule has 1 saturated heterocycles. The Kier molecular flexibility index (Phi) is 7.09. The van der Waals surface area contributed by atoms with Crippen LogP contribution in [0.4, 0.5) is 5.69 Å². The molecule has 0 bridgehead atoms. The fourth-order valence-corrected chi connectivity index (χ4v) is 5.26. The molecule has 5 rings (SSSR count). The van der Waals surface area contributed by atoms with Crippen molar-refractivity contribution in [3.05, 3.63) is 65.2 Å². The van der Waals surface area contributed by atoms with E-state index in [1.807, 2.05) is 32.9 Å². The predicted molar refractivity (Wildman–Crippen MR) is 149 cm³/mol. The zero-order valence-corrected chi connectivity index (χ0v) is 22.6. The molecule has 1 aromatic carbocycles. The van der Waals surface area contributed by atoms with Gasteiger partial charge in [-0.1, -0.05) is 11.6 Å². The summed E-state index contributed by atoms with van der Waals surface area (Å²) in [5, 5.41) is 8.52. The van der Waals surface area contributed by atoms with E-state index >= 15 is 0 Å². The van der Waals surface area contributed by atoms with E-state index in [-0.39, 0.29) is 24.5 Å². The number of ether oxygens (including phenoxy) is 1. The molecule has 2 amide bonds. The van der Waals surface area contributed by atoms with E-state index in [1.54, 1.807) is 43.7 Å². The highest BCUT2D eigenvalue weighted by Crippen LogP contribution is 2.33. The van der Waals surface area contributed by atoms with Crippen LogP contribution in [0.5, 0.6) is 0 Å². The number of benzene rings is 1. The van der Waals surface area contributed by atoms with Gasteiger partial charge in [-0.2, -0.15) is 0 Å². The van der Waals surface area contributed by atoms with Gasteiger partial charge < -0.3 is 20.4 Å². The van der Waals surface area contributed by atoms with E-state index in [0.717, 1.165) is 21.8 Å². The summed E-state index contributed by atoms with van der Waals surface area (Å²) in [6.07, 6.45) is 5.13. The summed E-state index contributed by atoms with van der Waals surface area (Å²) in [7, 11) is 0. The van der Waals surface area contributed by atoms with Crippen molar-refractivity contribution in [2.24, 2.45) is 0 Å². The first kappa shape index (κ1) is 26.1. The highest BCUT2D eigenvalue weighted by atomic mass is 35.5. The number of aryl methyl sites for hydroxylation is 1. The monoisotopic (exact) mass is 534 g/mol. The number of hydrogen-bond acceptors (Lipinski definition) is 6. The Balaban J connectivity index is 1.36. The topological polar surface area (TPSA) is 112 Å². The van der Waals surface area contributed by atoms with Crippen LogP contribution < -0.4 is 10.6 Å². The maximum Gasteiger partial charge on any atom is 0.253 e. The average Bonchev–Trinajstić information content (AvgIpc) is 3.22. The van der Waals surface area contributed by atoms with Crippen LogP contribution in [0, 0.1) is 6.92 Å². The summed E-state index contributed by atoms with van der Waals surface area (Å²) in [5.41, 5.74) is 3.00. The minimum atomic E-state index is -0.553. The van der Waals surface area contributed by atoms with Crippen LogP contribution in [0.2, 0.25) is 5.02 Å². The molecule has 2 atom stereocenters. The third kappa shape index (κ3) is 5.36. The number of rotatable bonds is 6. The number of halogens is 1. The molecular weight excluding hydrogens is 504 g/mol. The minimum Gasteiger partial charge on any atom is -0.372 e. The van der Waals surface area contributed by atoms with Gasteiger partial charge in [-0.15, -0.1) is 0 Å². The largest absolute Gasteiger partial charge is 0.372 e. The fraction of sp³-hybridized carbons (Fsp3) is 0.357. The molecule has 1 fully saturated rings. The number of nitrogens with one attached hydrogen (secondary N) is 3. The SMILES string of the molecule is Cc1ncccc1C(=O)N[C@@H](C)CN1CC(C)(C)OCC1C(=O)Nc1cc(Cl)cc2c1[nH]c1cnccc12. The van der Waals surface area contributed by atoms with E-state index in [2.05, 4.69) is 30.5 Å². The first-order valence-electron chi connectivity index (χ1n) is 12.6. The molecule has 3 aromatic heterocycles. The second kappa shape index (κ2) is 10.3. The Morgan fingerprint density at radius 1 is 1.26 bits per heavy atom. The lowest BCUT2D eigenvalue weighted by Crippen LogP contribution is -2.60. The fourth-order valence-electron chi connectivity index (χ4n) is 5.04. The van der Waals surface area contributed by atoms with Crippen molar-refractivity contribution in [1.82, 2.24) is 25.2 Å². The molecule has 9 nitrogen and oxygen atoms in total. The number of aromatic amines is 1. The quantitative estimate of drug-likeness (QED) is 0.340.